The van der Waals surface area contributed by atoms with E-state index < -0.39 is 33.1 Å². The molecule has 0 bridgehead atoms. The quantitative estimate of drug-likeness (QED) is 0.222. The number of hydrogen-bond acceptors (Lipinski definition) is 7. The molecule has 1 unspecified atom stereocenters. The molecule has 11 heteroatoms. The first-order chi connectivity index (χ1) is 18.8. The largest absolute Gasteiger partial charge is 0.383 e. The fraction of sp³-hybridized carbons (Fsp3) is 0.448. The predicted molar refractivity (Wildman–Crippen MR) is 156 cm³/mol. The van der Waals surface area contributed by atoms with Crippen molar-refractivity contribution in [2.75, 3.05) is 30.8 Å². The van der Waals surface area contributed by atoms with Crippen LogP contribution in [0.3, 0.4) is 0 Å². The molecule has 0 aliphatic heterocycles. The number of benzene rings is 2. The van der Waals surface area contributed by atoms with E-state index in [1.165, 1.54) is 12.1 Å². The molecule has 0 aromatic heterocycles. The highest BCUT2D eigenvalue weighted by molar-refractivity contribution is 7.90. The van der Waals surface area contributed by atoms with Gasteiger partial charge in [-0.25, -0.2) is 8.42 Å². The number of ether oxygens (including phenoxy) is 1. The van der Waals surface area contributed by atoms with Crippen LogP contribution >= 0.6 is 23.2 Å². The summed E-state index contributed by atoms with van der Waals surface area (Å²) in [6.07, 6.45) is 2.75. The lowest BCUT2D eigenvalue weighted by atomic mass is 9.82. The van der Waals surface area contributed by atoms with Gasteiger partial charge in [0.1, 0.15) is 11.8 Å². The van der Waals surface area contributed by atoms with Crippen LogP contribution in [0.1, 0.15) is 54.6 Å². The van der Waals surface area contributed by atoms with Crippen LogP contribution in [0.25, 0.3) is 0 Å². The van der Waals surface area contributed by atoms with Gasteiger partial charge in [0.25, 0.3) is 0 Å². The number of carbonyl (C=O) groups excluding carboxylic acids is 4. The highest BCUT2D eigenvalue weighted by Gasteiger charge is 2.37. The van der Waals surface area contributed by atoms with Crippen molar-refractivity contribution in [1.82, 2.24) is 0 Å². The lowest BCUT2D eigenvalue weighted by Gasteiger charge is -2.31. The minimum Gasteiger partial charge on any atom is -0.383 e. The number of carbonyl (C=O) groups is 4. The molecule has 218 valence electrons. The second-order valence-corrected chi connectivity index (χ2v) is 12.3. The van der Waals surface area contributed by atoms with Gasteiger partial charge in [-0.15, -0.1) is 11.6 Å². The van der Waals surface area contributed by atoms with E-state index >= 15 is 0 Å². The number of Topliss-reactive ketones (excluding diaryl/α,β-unsaturated/α-hetero) is 3. The number of nitrogens with zero attached hydrogens (tertiary/aromatic N) is 1. The number of ketones is 3. The standard InChI is InChI=1S/C15H22ClNO2.C14H13ClO5S/c1-5-13-8-6-7-11(2)15(13)17(14(18)9-16)12(3)10-19-4;1-21(19,20)8-5-6-9(10(15)7-8)14(18)13-11(16)3-2-4-12(13)17/h6-8,12H,5,9-10H2,1-4H3;5-7,13H,2-4H2,1H3. The fourth-order valence-corrected chi connectivity index (χ4v) is 5.71. The first-order valence-corrected chi connectivity index (χ1v) is 15.6. The Labute approximate surface area is 245 Å². The highest BCUT2D eigenvalue weighted by atomic mass is 35.5. The Morgan fingerprint density at radius 3 is 2.25 bits per heavy atom. The van der Waals surface area contributed by atoms with Crippen LogP contribution in [0, 0.1) is 12.8 Å². The number of aryl methyl sites for hydroxylation is 2. The summed E-state index contributed by atoms with van der Waals surface area (Å²) < 4.78 is 28.0. The van der Waals surface area contributed by atoms with Gasteiger partial charge in [0.15, 0.2) is 27.2 Å². The molecule has 1 aliphatic carbocycles. The topological polar surface area (TPSA) is 115 Å². The Morgan fingerprint density at radius 1 is 1.12 bits per heavy atom. The van der Waals surface area contributed by atoms with Crippen molar-refractivity contribution < 1.29 is 32.3 Å². The second kappa shape index (κ2) is 14.9. The molecule has 0 saturated heterocycles. The first kappa shape index (κ1) is 33.6. The summed E-state index contributed by atoms with van der Waals surface area (Å²) in [4.78, 5) is 49.8. The van der Waals surface area contributed by atoms with E-state index in [-0.39, 0.29) is 46.2 Å². The van der Waals surface area contributed by atoms with Crippen molar-refractivity contribution in [1.29, 1.82) is 0 Å². The molecule has 1 saturated carbocycles. The molecule has 2 aromatic carbocycles. The fourth-order valence-electron chi connectivity index (χ4n) is 4.60. The van der Waals surface area contributed by atoms with E-state index in [4.69, 9.17) is 27.9 Å². The molecular formula is C29H35Cl2NO7S. The van der Waals surface area contributed by atoms with Crippen molar-refractivity contribution in [2.45, 2.75) is 57.4 Å². The number of para-hydroxylation sites is 1. The van der Waals surface area contributed by atoms with Crippen LogP contribution in [0.15, 0.2) is 41.3 Å². The zero-order valence-electron chi connectivity index (χ0n) is 23.3. The van der Waals surface area contributed by atoms with Gasteiger partial charge in [-0.3, -0.25) is 19.2 Å². The molecular weight excluding hydrogens is 577 g/mol. The summed E-state index contributed by atoms with van der Waals surface area (Å²) in [5.41, 5.74) is 3.21. The van der Waals surface area contributed by atoms with Gasteiger partial charge < -0.3 is 9.64 Å². The molecule has 3 rings (SSSR count). The zero-order chi connectivity index (χ0) is 30.2. The number of alkyl halides is 1. The van der Waals surface area contributed by atoms with Gasteiger partial charge in [0, 0.05) is 31.8 Å². The zero-order valence-corrected chi connectivity index (χ0v) is 25.7. The maximum absolute atomic E-state index is 12.3. The van der Waals surface area contributed by atoms with E-state index in [9.17, 15) is 27.6 Å². The number of anilines is 1. The maximum atomic E-state index is 12.3. The predicted octanol–water partition coefficient (Wildman–Crippen LogP) is 5.03. The summed E-state index contributed by atoms with van der Waals surface area (Å²) in [7, 11) is -1.81. The summed E-state index contributed by atoms with van der Waals surface area (Å²) >= 11 is 11.7. The van der Waals surface area contributed by atoms with E-state index in [2.05, 4.69) is 13.0 Å². The van der Waals surface area contributed by atoms with E-state index in [1.54, 1.807) is 12.0 Å². The van der Waals surface area contributed by atoms with Crippen molar-refractivity contribution in [2.24, 2.45) is 5.92 Å². The Bertz CT molecular complexity index is 1360. The van der Waals surface area contributed by atoms with Gasteiger partial charge in [-0.1, -0.05) is 36.7 Å². The molecule has 0 spiro atoms. The van der Waals surface area contributed by atoms with E-state index in [0.29, 0.717) is 13.0 Å². The van der Waals surface area contributed by atoms with Crippen LogP contribution in [0.5, 0.6) is 0 Å². The number of amides is 1. The van der Waals surface area contributed by atoms with Crippen molar-refractivity contribution in [3.63, 3.8) is 0 Å². The average Bonchev–Trinajstić information content (AvgIpc) is 2.89. The van der Waals surface area contributed by atoms with Crippen molar-refractivity contribution in [3.05, 3.63) is 58.1 Å². The molecule has 1 atom stereocenters. The van der Waals surface area contributed by atoms with Crippen LogP contribution in [0.4, 0.5) is 5.69 Å². The summed E-state index contributed by atoms with van der Waals surface area (Å²) in [6.45, 7) is 6.56. The third-order valence-corrected chi connectivity index (χ3v) is 8.21. The summed E-state index contributed by atoms with van der Waals surface area (Å²) in [5.74, 6) is -2.88. The summed E-state index contributed by atoms with van der Waals surface area (Å²) in [6, 6.07) is 9.69. The number of methoxy groups -OCH3 is 1. The van der Waals surface area contributed by atoms with Crippen molar-refractivity contribution in [3.8, 4) is 0 Å². The van der Waals surface area contributed by atoms with Crippen LogP contribution in [-0.2, 0) is 35.4 Å². The lowest BCUT2D eigenvalue weighted by Crippen LogP contribution is -2.43. The molecule has 1 amide bonds. The minimum atomic E-state index is -3.44. The summed E-state index contributed by atoms with van der Waals surface area (Å²) in [5, 5.41) is -0.0749. The number of hydrogen-bond donors (Lipinski definition) is 0. The SMILES string of the molecule is CCc1cccc(C)c1N(C(=O)CCl)C(C)COC.CS(=O)(=O)c1ccc(C(=O)C2C(=O)CCCC2=O)c(Cl)c1. The Balaban J connectivity index is 0.000000282. The molecule has 0 radical (unpaired) electrons. The molecule has 2 aromatic rings. The third-order valence-electron chi connectivity index (χ3n) is 6.56. The minimum absolute atomic E-state index is 0.00216. The molecule has 1 fully saturated rings. The van der Waals surface area contributed by atoms with Crippen LogP contribution < -0.4 is 4.90 Å². The number of rotatable bonds is 9. The molecule has 0 heterocycles. The lowest BCUT2D eigenvalue weighted by molar-refractivity contribution is -0.133. The monoisotopic (exact) mass is 611 g/mol. The number of sulfone groups is 1. The molecule has 0 N–H and O–H groups in total. The molecule has 8 nitrogen and oxygen atoms in total. The van der Waals surface area contributed by atoms with Crippen molar-refractivity contribution >= 4 is 62.0 Å². The van der Waals surface area contributed by atoms with Gasteiger partial charge in [-0.05, 0) is 56.0 Å². The normalized spacial score (nSPS) is 14.8. The smallest absolute Gasteiger partial charge is 0.242 e. The second-order valence-electron chi connectivity index (χ2n) is 9.64. The van der Waals surface area contributed by atoms with Gasteiger partial charge in [0.05, 0.1) is 28.3 Å². The van der Waals surface area contributed by atoms with Gasteiger partial charge in [-0.2, -0.15) is 0 Å². The third kappa shape index (κ3) is 8.22. The molecule has 1 aliphatic rings. The van der Waals surface area contributed by atoms with Gasteiger partial charge >= 0.3 is 0 Å². The average molecular weight is 613 g/mol. The maximum Gasteiger partial charge on any atom is 0.242 e. The van der Waals surface area contributed by atoms with Crippen LogP contribution in [0.2, 0.25) is 5.02 Å². The molecule has 40 heavy (non-hydrogen) atoms. The van der Waals surface area contributed by atoms with Gasteiger partial charge in [0.2, 0.25) is 5.91 Å². The first-order valence-electron chi connectivity index (χ1n) is 12.8. The number of halogens is 2. The Hall–Kier alpha value is -2.59. The Kier molecular flexibility index (Phi) is 12.5. The Morgan fingerprint density at radius 2 is 1.75 bits per heavy atom. The van der Waals surface area contributed by atoms with E-state index in [1.807, 2.05) is 26.0 Å². The van der Waals surface area contributed by atoms with Crippen LogP contribution in [-0.4, -0.2) is 63.6 Å². The highest BCUT2D eigenvalue weighted by Crippen LogP contribution is 2.29. The van der Waals surface area contributed by atoms with E-state index in [0.717, 1.165) is 35.6 Å².